The number of benzene rings is 1. The molecule has 1 saturated carbocycles. The molecule has 1 aromatic carbocycles. The van der Waals surface area contributed by atoms with Gasteiger partial charge in [0.15, 0.2) is 0 Å². The second kappa shape index (κ2) is 6.44. The predicted octanol–water partition coefficient (Wildman–Crippen LogP) is 4.96. The lowest BCUT2D eigenvalue weighted by Crippen LogP contribution is -2.46. The van der Waals surface area contributed by atoms with Crippen molar-refractivity contribution in [2.45, 2.75) is 57.9 Å². The van der Waals surface area contributed by atoms with Gasteiger partial charge in [-0.2, -0.15) is 0 Å². The number of rotatable bonds is 4. The highest BCUT2D eigenvalue weighted by Crippen LogP contribution is 2.37. The normalized spacial score (nSPS) is 27.0. The molecule has 1 aromatic rings. The summed E-state index contributed by atoms with van der Waals surface area (Å²) in [5, 5.41) is 0.195. The van der Waals surface area contributed by atoms with Gasteiger partial charge in [-0.1, -0.05) is 50.4 Å². The average Bonchev–Trinajstić information content (AvgIpc) is 2.34. The fourth-order valence-electron chi connectivity index (χ4n) is 3.61. The molecule has 1 nitrogen and oxygen atoms in total. The molecule has 0 saturated heterocycles. The third-order valence-electron chi connectivity index (χ3n) is 4.36. The van der Waals surface area contributed by atoms with Gasteiger partial charge in [-0.15, -0.1) is 0 Å². The lowest BCUT2D eigenvalue weighted by Gasteiger charge is -2.39. The number of halogens is 2. The molecule has 1 aliphatic carbocycles. The third-order valence-corrected chi connectivity index (χ3v) is 4.65. The van der Waals surface area contributed by atoms with Crippen LogP contribution in [0.5, 0.6) is 0 Å². The van der Waals surface area contributed by atoms with E-state index in [-0.39, 0.29) is 16.4 Å². The fourth-order valence-corrected chi connectivity index (χ4v) is 3.81. The summed E-state index contributed by atoms with van der Waals surface area (Å²) in [5.74, 6) is 1.08. The zero-order valence-corrected chi connectivity index (χ0v) is 13.2. The van der Waals surface area contributed by atoms with Crippen molar-refractivity contribution < 1.29 is 4.39 Å². The van der Waals surface area contributed by atoms with E-state index in [0.717, 1.165) is 19.3 Å². The number of nitrogens with two attached hydrogens (primary N) is 1. The van der Waals surface area contributed by atoms with Gasteiger partial charge in [0.25, 0.3) is 0 Å². The summed E-state index contributed by atoms with van der Waals surface area (Å²) < 4.78 is 14.0. The zero-order valence-electron chi connectivity index (χ0n) is 12.5. The van der Waals surface area contributed by atoms with Crippen molar-refractivity contribution in [3.8, 4) is 0 Å². The Hall–Kier alpha value is -0.600. The van der Waals surface area contributed by atoms with Crippen LogP contribution in [0.1, 0.15) is 51.5 Å². The topological polar surface area (TPSA) is 26.0 Å². The van der Waals surface area contributed by atoms with Gasteiger partial charge in [0.2, 0.25) is 0 Å². The molecule has 0 bridgehead atoms. The van der Waals surface area contributed by atoms with Crippen LogP contribution in [0.15, 0.2) is 18.2 Å². The summed E-state index contributed by atoms with van der Waals surface area (Å²) in [5.41, 5.74) is 6.95. The van der Waals surface area contributed by atoms with Crippen molar-refractivity contribution in [1.29, 1.82) is 0 Å². The van der Waals surface area contributed by atoms with Crippen molar-refractivity contribution in [3.05, 3.63) is 34.6 Å². The first-order chi connectivity index (χ1) is 9.39. The van der Waals surface area contributed by atoms with E-state index >= 15 is 0 Å². The third kappa shape index (κ3) is 3.95. The summed E-state index contributed by atoms with van der Waals surface area (Å²) in [7, 11) is 0. The molecule has 112 valence electrons. The molecule has 2 rings (SSSR count). The summed E-state index contributed by atoms with van der Waals surface area (Å²) in [6.45, 7) is 4.51. The molecule has 0 radical (unpaired) electrons. The minimum Gasteiger partial charge on any atom is -0.325 e. The molecule has 0 heterocycles. The Labute approximate surface area is 126 Å². The van der Waals surface area contributed by atoms with Crippen molar-refractivity contribution in [3.63, 3.8) is 0 Å². The first-order valence-electron chi connectivity index (χ1n) is 7.61. The van der Waals surface area contributed by atoms with Gasteiger partial charge < -0.3 is 5.73 Å². The lowest BCUT2D eigenvalue weighted by molar-refractivity contribution is 0.199. The van der Waals surface area contributed by atoms with Crippen molar-refractivity contribution >= 4 is 11.6 Å². The van der Waals surface area contributed by atoms with Crippen molar-refractivity contribution in [2.75, 3.05) is 0 Å². The van der Waals surface area contributed by atoms with Gasteiger partial charge in [0.1, 0.15) is 5.82 Å². The minimum absolute atomic E-state index is 0.195. The monoisotopic (exact) mass is 297 g/mol. The second-order valence-corrected chi connectivity index (χ2v) is 7.25. The first kappa shape index (κ1) is 15.8. The number of hydrogen-bond donors (Lipinski definition) is 1. The van der Waals surface area contributed by atoms with E-state index in [9.17, 15) is 4.39 Å². The standard InChI is InChI=1S/C17H25ClFN/c1-12(2)9-13-5-4-8-17(20,10-13)11-14-6-3-7-15(18)16(14)19/h3,6-7,12-13H,4-5,8-11,20H2,1-2H3. The van der Waals surface area contributed by atoms with Gasteiger partial charge in [-0.25, -0.2) is 4.39 Å². The van der Waals surface area contributed by atoms with Gasteiger partial charge in [0.05, 0.1) is 5.02 Å². The largest absolute Gasteiger partial charge is 0.325 e. The quantitative estimate of drug-likeness (QED) is 0.835. The lowest BCUT2D eigenvalue weighted by atomic mass is 9.71. The summed E-state index contributed by atoms with van der Waals surface area (Å²) in [6.07, 6.45) is 6.20. The highest BCUT2D eigenvalue weighted by atomic mass is 35.5. The summed E-state index contributed by atoms with van der Waals surface area (Å²) >= 11 is 5.86. The van der Waals surface area contributed by atoms with Crippen LogP contribution in [0.25, 0.3) is 0 Å². The predicted molar refractivity (Wildman–Crippen MR) is 83.4 cm³/mol. The molecule has 0 spiro atoms. The van der Waals surface area contributed by atoms with Crippen LogP contribution in [-0.2, 0) is 6.42 Å². The molecule has 1 fully saturated rings. The van der Waals surface area contributed by atoms with E-state index in [2.05, 4.69) is 13.8 Å². The van der Waals surface area contributed by atoms with Crippen LogP contribution in [0.4, 0.5) is 4.39 Å². The maximum Gasteiger partial charge on any atom is 0.145 e. The van der Waals surface area contributed by atoms with E-state index in [1.54, 1.807) is 12.1 Å². The van der Waals surface area contributed by atoms with Crippen LogP contribution >= 0.6 is 11.6 Å². The van der Waals surface area contributed by atoms with E-state index in [1.807, 2.05) is 6.07 Å². The highest BCUT2D eigenvalue weighted by molar-refractivity contribution is 6.30. The van der Waals surface area contributed by atoms with Crippen LogP contribution in [0, 0.1) is 17.7 Å². The second-order valence-electron chi connectivity index (χ2n) is 6.84. The maximum absolute atomic E-state index is 14.0. The molecule has 1 aliphatic rings. The SMILES string of the molecule is CC(C)CC1CCCC(N)(Cc2cccc(Cl)c2F)C1. The molecule has 0 aliphatic heterocycles. The molecular weight excluding hydrogens is 273 g/mol. The summed E-state index contributed by atoms with van der Waals surface area (Å²) in [6, 6.07) is 5.20. The van der Waals surface area contributed by atoms with Crippen LogP contribution < -0.4 is 5.73 Å². The maximum atomic E-state index is 14.0. The van der Waals surface area contributed by atoms with E-state index < -0.39 is 0 Å². The van der Waals surface area contributed by atoms with Crippen LogP contribution in [-0.4, -0.2) is 5.54 Å². The van der Waals surface area contributed by atoms with E-state index in [4.69, 9.17) is 17.3 Å². The molecule has 3 heteroatoms. The average molecular weight is 298 g/mol. The zero-order chi connectivity index (χ0) is 14.8. The van der Waals surface area contributed by atoms with Gasteiger partial charge in [-0.3, -0.25) is 0 Å². The van der Waals surface area contributed by atoms with Gasteiger partial charge >= 0.3 is 0 Å². The molecule has 0 amide bonds. The Morgan fingerprint density at radius 1 is 1.45 bits per heavy atom. The van der Waals surface area contributed by atoms with Crippen LogP contribution in [0.3, 0.4) is 0 Å². The Balaban J connectivity index is 2.08. The Morgan fingerprint density at radius 2 is 2.20 bits per heavy atom. The molecular formula is C17H25ClFN. The summed E-state index contributed by atoms with van der Waals surface area (Å²) in [4.78, 5) is 0. The molecule has 2 N–H and O–H groups in total. The molecule has 20 heavy (non-hydrogen) atoms. The Bertz CT molecular complexity index is 460. The Morgan fingerprint density at radius 3 is 2.90 bits per heavy atom. The van der Waals surface area contributed by atoms with Gasteiger partial charge in [-0.05, 0) is 49.1 Å². The van der Waals surface area contributed by atoms with Crippen LogP contribution in [0.2, 0.25) is 5.02 Å². The number of hydrogen-bond acceptors (Lipinski definition) is 1. The van der Waals surface area contributed by atoms with E-state index in [1.165, 1.54) is 12.8 Å². The van der Waals surface area contributed by atoms with E-state index in [0.29, 0.717) is 23.8 Å². The fraction of sp³-hybridized carbons (Fsp3) is 0.647. The molecule has 2 unspecified atom stereocenters. The van der Waals surface area contributed by atoms with Crippen molar-refractivity contribution in [1.82, 2.24) is 0 Å². The Kier molecular flexibility index (Phi) is 5.09. The molecule has 0 aromatic heterocycles. The smallest absolute Gasteiger partial charge is 0.145 e. The van der Waals surface area contributed by atoms with Gasteiger partial charge in [0, 0.05) is 5.54 Å². The minimum atomic E-state index is -0.301. The van der Waals surface area contributed by atoms with Crippen molar-refractivity contribution in [2.24, 2.45) is 17.6 Å². The first-order valence-corrected chi connectivity index (χ1v) is 7.99. The molecule has 2 atom stereocenters. The highest BCUT2D eigenvalue weighted by Gasteiger charge is 2.33.